The van der Waals surface area contributed by atoms with Gasteiger partial charge in [-0.1, -0.05) is 56.0 Å². The standard InChI is InChI=1S/C31H50N4O8/c1-8-40-26(37)24(41-22-23-18-14-13-15-19-23)25(36)32-20-16-11-9-10-12-17-21-33-27(34-28(38)42-30(2,3)4)35-29(39)43-31(5,6)7/h13-15,18-19,24H,8-12,16-17,20-22H2,1-7H3,(H,32,36)(H2,33,34,35,38,39). The van der Waals surface area contributed by atoms with Crippen LogP contribution in [0.3, 0.4) is 0 Å². The number of aliphatic imine (C=N–C) groups is 1. The summed E-state index contributed by atoms with van der Waals surface area (Å²) in [5.41, 5.74) is -0.559. The van der Waals surface area contributed by atoms with E-state index < -0.39 is 41.4 Å². The molecule has 1 aromatic rings. The Morgan fingerprint density at radius 2 is 1.33 bits per heavy atom. The summed E-state index contributed by atoms with van der Waals surface area (Å²) in [6.45, 7) is 13.2. The van der Waals surface area contributed by atoms with Gasteiger partial charge in [-0.25, -0.2) is 14.4 Å². The Balaban J connectivity index is 2.40. The lowest BCUT2D eigenvalue weighted by molar-refractivity contribution is -0.163. The molecule has 242 valence electrons. The number of alkyl carbamates (subject to hydrolysis) is 2. The zero-order valence-electron chi connectivity index (χ0n) is 26.7. The molecule has 3 N–H and O–H groups in total. The van der Waals surface area contributed by atoms with E-state index in [1.54, 1.807) is 48.5 Å². The van der Waals surface area contributed by atoms with E-state index in [9.17, 15) is 19.2 Å². The summed E-state index contributed by atoms with van der Waals surface area (Å²) in [6.07, 6.45) is 2.39. The van der Waals surface area contributed by atoms with Crippen LogP contribution in [0.1, 0.15) is 92.6 Å². The molecule has 1 aromatic carbocycles. The molecule has 3 amide bonds. The van der Waals surface area contributed by atoms with E-state index in [0.717, 1.165) is 44.1 Å². The van der Waals surface area contributed by atoms with Crippen molar-refractivity contribution in [2.75, 3.05) is 19.7 Å². The Kier molecular flexibility index (Phi) is 16.9. The van der Waals surface area contributed by atoms with Crippen LogP contribution in [-0.4, -0.2) is 67.0 Å². The highest BCUT2D eigenvalue weighted by Gasteiger charge is 2.29. The minimum absolute atomic E-state index is 0.0342. The summed E-state index contributed by atoms with van der Waals surface area (Å²) in [5.74, 6) is -1.25. The predicted octanol–water partition coefficient (Wildman–Crippen LogP) is 5.00. The molecule has 0 radical (unpaired) electrons. The lowest BCUT2D eigenvalue weighted by Crippen LogP contribution is -2.47. The van der Waals surface area contributed by atoms with Gasteiger partial charge in [0.1, 0.15) is 11.2 Å². The first-order chi connectivity index (χ1) is 20.2. The van der Waals surface area contributed by atoms with E-state index in [1.807, 2.05) is 30.3 Å². The molecule has 0 aliphatic carbocycles. The molecule has 0 aromatic heterocycles. The van der Waals surface area contributed by atoms with Gasteiger partial charge in [-0.15, -0.1) is 0 Å². The minimum Gasteiger partial charge on any atom is -0.464 e. The van der Waals surface area contributed by atoms with Gasteiger partial charge < -0.3 is 24.3 Å². The van der Waals surface area contributed by atoms with Crippen LogP contribution in [0.5, 0.6) is 0 Å². The normalized spacial score (nSPS) is 12.0. The van der Waals surface area contributed by atoms with Crippen LogP contribution >= 0.6 is 0 Å². The van der Waals surface area contributed by atoms with Gasteiger partial charge in [0.15, 0.2) is 0 Å². The summed E-state index contributed by atoms with van der Waals surface area (Å²) in [4.78, 5) is 53.5. The molecule has 1 atom stereocenters. The van der Waals surface area contributed by atoms with Crippen molar-refractivity contribution < 1.29 is 38.1 Å². The Morgan fingerprint density at radius 3 is 1.86 bits per heavy atom. The number of nitrogens with zero attached hydrogens (tertiary/aromatic N) is 1. The molecule has 1 unspecified atom stereocenters. The smallest absolute Gasteiger partial charge is 0.414 e. The second-order valence-corrected chi connectivity index (χ2v) is 11.8. The molecule has 0 aliphatic heterocycles. The fraction of sp³-hybridized carbons (Fsp3) is 0.645. The highest BCUT2D eigenvalue weighted by molar-refractivity contribution is 6.01. The van der Waals surface area contributed by atoms with Crippen molar-refractivity contribution in [2.45, 2.75) is 111 Å². The maximum absolute atomic E-state index is 12.6. The fourth-order valence-electron chi connectivity index (χ4n) is 3.57. The molecule has 0 fully saturated rings. The number of hydrogen-bond acceptors (Lipinski definition) is 9. The van der Waals surface area contributed by atoms with Gasteiger partial charge in [-0.2, -0.15) is 0 Å². The third kappa shape index (κ3) is 19.2. The summed E-state index contributed by atoms with van der Waals surface area (Å²) in [7, 11) is 0. The quantitative estimate of drug-likeness (QED) is 0.0630. The van der Waals surface area contributed by atoms with Crippen molar-refractivity contribution >= 4 is 30.0 Å². The van der Waals surface area contributed by atoms with Crippen LogP contribution in [-0.2, 0) is 35.1 Å². The van der Waals surface area contributed by atoms with Gasteiger partial charge in [0, 0.05) is 13.1 Å². The van der Waals surface area contributed by atoms with Crippen molar-refractivity contribution in [1.29, 1.82) is 0 Å². The number of nitrogens with one attached hydrogen (secondary N) is 3. The molecule has 12 heteroatoms. The minimum atomic E-state index is -1.32. The van der Waals surface area contributed by atoms with Gasteiger partial charge >= 0.3 is 18.2 Å². The first-order valence-corrected chi connectivity index (χ1v) is 14.8. The number of amides is 3. The average Bonchev–Trinajstić information content (AvgIpc) is 2.88. The van der Waals surface area contributed by atoms with Crippen LogP contribution < -0.4 is 16.0 Å². The van der Waals surface area contributed by atoms with E-state index in [1.165, 1.54) is 0 Å². The number of rotatable bonds is 15. The molecular formula is C31H50N4O8. The lowest BCUT2D eigenvalue weighted by Gasteiger charge is -2.22. The number of ether oxygens (including phenoxy) is 4. The van der Waals surface area contributed by atoms with Gasteiger partial charge in [0.25, 0.3) is 5.91 Å². The molecule has 0 saturated carbocycles. The summed E-state index contributed by atoms with van der Waals surface area (Å²) in [6, 6.07) is 9.30. The SMILES string of the molecule is CCOC(=O)C(OCc1ccccc1)C(=O)NCCCCCCCCN=C(NC(=O)OC(C)(C)C)NC(=O)OC(C)(C)C. The topological polar surface area (TPSA) is 154 Å². The summed E-state index contributed by atoms with van der Waals surface area (Å²) in [5, 5.41) is 7.70. The highest BCUT2D eigenvalue weighted by Crippen LogP contribution is 2.09. The first kappa shape index (κ1) is 37.4. The maximum Gasteiger partial charge on any atom is 0.414 e. The molecule has 12 nitrogen and oxygen atoms in total. The van der Waals surface area contributed by atoms with E-state index in [-0.39, 0.29) is 19.2 Å². The largest absolute Gasteiger partial charge is 0.464 e. The zero-order chi connectivity index (χ0) is 32.3. The Bertz CT molecular complexity index is 1000. The van der Waals surface area contributed by atoms with Crippen LogP contribution in [0.4, 0.5) is 9.59 Å². The average molecular weight is 607 g/mol. The third-order valence-corrected chi connectivity index (χ3v) is 5.39. The molecule has 0 saturated heterocycles. The van der Waals surface area contributed by atoms with E-state index in [2.05, 4.69) is 20.9 Å². The van der Waals surface area contributed by atoms with Crippen LogP contribution in [0.15, 0.2) is 35.3 Å². The van der Waals surface area contributed by atoms with Gasteiger partial charge in [0.2, 0.25) is 12.1 Å². The second-order valence-electron chi connectivity index (χ2n) is 11.8. The number of esters is 1. The van der Waals surface area contributed by atoms with Crippen molar-refractivity contribution in [1.82, 2.24) is 16.0 Å². The Hall–Kier alpha value is -3.67. The van der Waals surface area contributed by atoms with Crippen molar-refractivity contribution in [3.63, 3.8) is 0 Å². The van der Waals surface area contributed by atoms with E-state index >= 15 is 0 Å². The third-order valence-electron chi connectivity index (χ3n) is 5.39. The number of guanidine groups is 1. The fourth-order valence-corrected chi connectivity index (χ4v) is 3.57. The Labute approximate surface area is 255 Å². The number of carbonyl (C=O) groups excluding carboxylic acids is 4. The second kappa shape index (κ2) is 19.5. The van der Waals surface area contributed by atoms with Crippen molar-refractivity contribution in [3.8, 4) is 0 Å². The predicted molar refractivity (Wildman–Crippen MR) is 163 cm³/mol. The number of carbonyl (C=O) groups is 4. The van der Waals surface area contributed by atoms with Gasteiger partial charge in [-0.3, -0.25) is 20.4 Å². The molecule has 0 aliphatic rings. The summed E-state index contributed by atoms with van der Waals surface area (Å²) < 4.78 is 21.1. The Morgan fingerprint density at radius 1 is 0.791 bits per heavy atom. The van der Waals surface area contributed by atoms with E-state index in [0.29, 0.717) is 13.1 Å². The number of benzene rings is 1. The van der Waals surface area contributed by atoms with Crippen molar-refractivity contribution in [2.24, 2.45) is 4.99 Å². The first-order valence-electron chi connectivity index (χ1n) is 14.8. The lowest BCUT2D eigenvalue weighted by atomic mass is 10.1. The number of unbranched alkanes of at least 4 members (excludes halogenated alkanes) is 5. The van der Waals surface area contributed by atoms with Crippen molar-refractivity contribution in [3.05, 3.63) is 35.9 Å². The molecular weight excluding hydrogens is 556 g/mol. The van der Waals surface area contributed by atoms with Gasteiger partial charge in [0.05, 0.1) is 13.2 Å². The van der Waals surface area contributed by atoms with E-state index in [4.69, 9.17) is 18.9 Å². The zero-order valence-corrected chi connectivity index (χ0v) is 26.7. The van der Waals surface area contributed by atoms with Crippen LogP contribution in [0.25, 0.3) is 0 Å². The molecule has 0 bridgehead atoms. The monoisotopic (exact) mass is 606 g/mol. The highest BCUT2D eigenvalue weighted by atomic mass is 16.6. The van der Waals surface area contributed by atoms with Gasteiger partial charge in [-0.05, 0) is 66.9 Å². The van der Waals surface area contributed by atoms with Crippen LogP contribution in [0, 0.1) is 0 Å². The molecule has 1 rings (SSSR count). The van der Waals surface area contributed by atoms with Crippen LogP contribution in [0.2, 0.25) is 0 Å². The molecule has 0 spiro atoms. The maximum atomic E-state index is 12.6. The summed E-state index contributed by atoms with van der Waals surface area (Å²) >= 11 is 0. The molecule has 0 heterocycles. The number of hydrogen-bond donors (Lipinski definition) is 3. The molecule has 43 heavy (non-hydrogen) atoms.